The summed E-state index contributed by atoms with van der Waals surface area (Å²) in [5.74, 6) is 0. The van der Waals surface area contributed by atoms with Gasteiger partial charge in [-0.25, -0.2) is 17.8 Å². The number of hydrogen-bond donors (Lipinski definition) is 2. The van der Waals surface area contributed by atoms with Gasteiger partial charge in [0.05, 0.1) is 5.69 Å². The highest BCUT2D eigenvalue weighted by Crippen LogP contribution is 2.29. The van der Waals surface area contributed by atoms with E-state index in [1.807, 2.05) is 13.8 Å². The molecule has 2 rings (SSSR count). The number of sulfonamides is 1. The van der Waals surface area contributed by atoms with E-state index in [2.05, 4.69) is 25.0 Å². The quantitative estimate of drug-likeness (QED) is 0.872. The molecule has 0 spiro atoms. The first-order chi connectivity index (χ1) is 9.31. The summed E-state index contributed by atoms with van der Waals surface area (Å²) in [6.45, 7) is 7.37. The number of benzene rings is 1. The molecule has 8 heteroatoms. The largest absolute Gasteiger partial charge is 0.382 e. The Morgan fingerprint density at radius 2 is 1.80 bits per heavy atom. The van der Waals surface area contributed by atoms with Gasteiger partial charge in [-0.05, 0) is 50.1 Å². The summed E-state index contributed by atoms with van der Waals surface area (Å²) in [5.41, 5.74) is 1.11. The van der Waals surface area contributed by atoms with E-state index in [0.717, 1.165) is 0 Å². The maximum Gasteiger partial charge on any atom is 0.245 e. The topological polar surface area (TPSA) is 97.1 Å². The second-order valence-electron chi connectivity index (χ2n) is 5.15. The highest BCUT2D eigenvalue weighted by Gasteiger charge is 2.25. The Bertz CT molecular complexity index is 707. The molecule has 0 radical (unpaired) electrons. The Hall–Kier alpha value is -1.67. The highest BCUT2D eigenvalue weighted by atomic mass is 32.2. The number of aromatic nitrogens is 2. The van der Waals surface area contributed by atoms with Crippen molar-refractivity contribution in [2.24, 2.45) is 0 Å². The summed E-state index contributed by atoms with van der Waals surface area (Å²) < 4.78 is 32.2. The number of rotatable bonds is 5. The van der Waals surface area contributed by atoms with E-state index >= 15 is 0 Å². The van der Waals surface area contributed by atoms with Gasteiger partial charge in [-0.2, -0.15) is 0 Å². The lowest BCUT2D eigenvalue weighted by Crippen LogP contribution is -2.31. The monoisotopic (exact) mass is 298 g/mol. The van der Waals surface area contributed by atoms with Crippen molar-refractivity contribution >= 4 is 26.7 Å². The van der Waals surface area contributed by atoms with E-state index in [4.69, 9.17) is 0 Å². The molecule has 2 aromatic rings. The van der Waals surface area contributed by atoms with Crippen molar-refractivity contribution in [2.45, 2.75) is 44.7 Å². The minimum atomic E-state index is -3.71. The Morgan fingerprint density at radius 3 is 2.40 bits per heavy atom. The normalized spacial score (nSPS) is 12.5. The van der Waals surface area contributed by atoms with Crippen LogP contribution in [0.25, 0.3) is 11.0 Å². The van der Waals surface area contributed by atoms with Crippen LogP contribution in [0.5, 0.6) is 0 Å². The zero-order valence-corrected chi connectivity index (χ0v) is 12.7. The summed E-state index contributed by atoms with van der Waals surface area (Å²) in [6, 6.07) is 3.20. The minimum absolute atomic E-state index is 0.0682. The molecule has 0 bridgehead atoms. The lowest BCUT2D eigenvalue weighted by Gasteiger charge is -2.16. The molecule has 0 amide bonds. The predicted molar refractivity (Wildman–Crippen MR) is 76.0 cm³/mol. The van der Waals surface area contributed by atoms with Gasteiger partial charge in [-0.15, -0.1) is 0 Å². The molecule has 0 atom stereocenters. The second kappa shape index (κ2) is 5.37. The average molecular weight is 298 g/mol. The zero-order chi connectivity index (χ0) is 14.9. The Labute approximate surface area is 117 Å². The van der Waals surface area contributed by atoms with Crippen molar-refractivity contribution in [3.05, 3.63) is 12.1 Å². The third-order valence-corrected chi connectivity index (χ3v) is 4.22. The number of nitrogens with one attached hydrogen (secondary N) is 2. The molecule has 0 fully saturated rings. The first kappa shape index (κ1) is 14.7. The smallest absolute Gasteiger partial charge is 0.245 e. The number of fused-ring (bicyclic) bond motifs is 1. The lowest BCUT2D eigenvalue weighted by atomic mass is 10.2. The molecule has 0 aliphatic carbocycles. The van der Waals surface area contributed by atoms with E-state index in [0.29, 0.717) is 11.2 Å². The summed E-state index contributed by atoms with van der Waals surface area (Å²) in [6.07, 6.45) is 0. The molecule has 1 heterocycles. The van der Waals surface area contributed by atoms with Crippen LogP contribution in [-0.2, 0) is 10.0 Å². The predicted octanol–water partition coefficient (Wildman–Crippen LogP) is 1.73. The highest BCUT2D eigenvalue weighted by molar-refractivity contribution is 7.90. The van der Waals surface area contributed by atoms with Gasteiger partial charge < -0.3 is 5.32 Å². The maximum absolute atomic E-state index is 12.5. The molecule has 110 valence electrons. The van der Waals surface area contributed by atoms with Crippen molar-refractivity contribution < 1.29 is 13.0 Å². The molecule has 0 unspecified atom stereocenters. The van der Waals surface area contributed by atoms with Crippen LogP contribution in [0, 0.1) is 0 Å². The van der Waals surface area contributed by atoms with Gasteiger partial charge in [-0.1, -0.05) is 0 Å². The Morgan fingerprint density at radius 1 is 1.10 bits per heavy atom. The second-order valence-corrected chi connectivity index (χ2v) is 6.80. The van der Waals surface area contributed by atoms with Crippen molar-refractivity contribution in [2.75, 3.05) is 5.32 Å². The minimum Gasteiger partial charge on any atom is -0.382 e. The molecule has 0 aliphatic heterocycles. The molecule has 20 heavy (non-hydrogen) atoms. The fourth-order valence-corrected chi connectivity index (χ4v) is 3.45. The van der Waals surface area contributed by atoms with E-state index in [-0.39, 0.29) is 22.5 Å². The van der Waals surface area contributed by atoms with Crippen LogP contribution in [0.2, 0.25) is 0 Å². The van der Waals surface area contributed by atoms with Gasteiger partial charge in [0.2, 0.25) is 10.0 Å². The van der Waals surface area contributed by atoms with Crippen molar-refractivity contribution in [1.29, 1.82) is 0 Å². The fraction of sp³-hybridized carbons (Fsp3) is 0.500. The van der Waals surface area contributed by atoms with Gasteiger partial charge >= 0.3 is 0 Å². The standard InChI is InChI=1S/C12H18N4O3S/c1-7(2)13-10-6-5-9-11(15-19-14-9)12(10)20(17,18)16-8(3)4/h5-8,13,16H,1-4H3. The fourth-order valence-electron chi connectivity index (χ4n) is 1.89. The summed E-state index contributed by atoms with van der Waals surface area (Å²) in [5, 5.41) is 10.5. The van der Waals surface area contributed by atoms with Crippen molar-refractivity contribution in [3.63, 3.8) is 0 Å². The molecule has 2 N–H and O–H groups in total. The van der Waals surface area contributed by atoms with Gasteiger partial charge in [0.15, 0.2) is 5.52 Å². The van der Waals surface area contributed by atoms with Gasteiger partial charge in [-0.3, -0.25) is 0 Å². The molecule has 1 aromatic heterocycles. The Kier molecular flexibility index (Phi) is 3.96. The first-order valence-electron chi connectivity index (χ1n) is 6.35. The lowest BCUT2D eigenvalue weighted by molar-refractivity contribution is 0.315. The third-order valence-electron chi connectivity index (χ3n) is 2.49. The van der Waals surface area contributed by atoms with Gasteiger partial charge in [0.25, 0.3) is 0 Å². The van der Waals surface area contributed by atoms with Crippen LogP contribution >= 0.6 is 0 Å². The van der Waals surface area contributed by atoms with Gasteiger partial charge in [0, 0.05) is 12.1 Å². The van der Waals surface area contributed by atoms with E-state index in [1.165, 1.54) is 0 Å². The molecule has 7 nitrogen and oxygen atoms in total. The number of hydrogen-bond acceptors (Lipinski definition) is 6. The molecule has 0 saturated heterocycles. The average Bonchev–Trinajstić information content (AvgIpc) is 2.73. The molecular formula is C12H18N4O3S. The molecule has 0 saturated carbocycles. The third kappa shape index (κ3) is 2.91. The molecular weight excluding hydrogens is 280 g/mol. The summed E-state index contributed by atoms with van der Waals surface area (Å²) in [4.78, 5) is 0.0682. The van der Waals surface area contributed by atoms with Crippen LogP contribution in [0.4, 0.5) is 5.69 Å². The number of nitrogens with zero attached hydrogens (tertiary/aromatic N) is 2. The van der Waals surface area contributed by atoms with E-state index < -0.39 is 10.0 Å². The van der Waals surface area contributed by atoms with Gasteiger partial charge in [0.1, 0.15) is 10.4 Å². The molecule has 0 aliphatic rings. The first-order valence-corrected chi connectivity index (χ1v) is 7.83. The van der Waals surface area contributed by atoms with E-state index in [1.54, 1.807) is 26.0 Å². The van der Waals surface area contributed by atoms with E-state index in [9.17, 15) is 8.42 Å². The number of anilines is 1. The maximum atomic E-state index is 12.5. The van der Waals surface area contributed by atoms with Crippen LogP contribution in [0.15, 0.2) is 21.7 Å². The van der Waals surface area contributed by atoms with Crippen LogP contribution < -0.4 is 10.0 Å². The van der Waals surface area contributed by atoms with Crippen molar-refractivity contribution in [1.82, 2.24) is 15.0 Å². The molecule has 1 aromatic carbocycles. The Balaban J connectivity index is 2.66. The SMILES string of the molecule is CC(C)Nc1ccc2nonc2c1S(=O)(=O)NC(C)C. The zero-order valence-electron chi connectivity index (χ0n) is 11.8. The van der Waals surface area contributed by atoms with Crippen LogP contribution in [0.1, 0.15) is 27.7 Å². The summed E-state index contributed by atoms with van der Waals surface area (Å²) >= 11 is 0. The van der Waals surface area contributed by atoms with Crippen LogP contribution in [-0.4, -0.2) is 30.8 Å². The summed E-state index contributed by atoms with van der Waals surface area (Å²) in [7, 11) is -3.71. The van der Waals surface area contributed by atoms with Crippen LogP contribution in [0.3, 0.4) is 0 Å². The van der Waals surface area contributed by atoms with Crippen molar-refractivity contribution in [3.8, 4) is 0 Å².